The number of rotatable bonds is 2. The normalized spacial score (nSPS) is 46.8. The summed E-state index contributed by atoms with van der Waals surface area (Å²) in [7, 11) is 0. The van der Waals surface area contributed by atoms with E-state index in [1.807, 2.05) is 0 Å². The van der Waals surface area contributed by atoms with Gasteiger partial charge in [-0.05, 0) is 69.4 Å². The van der Waals surface area contributed by atoms with Gasteiger partial charge in [-0.3, -0.25) is 0 Å². The number of ether oxygens (including phenoxy) is 1. The molecule has 3 nitrogen and oxygen atoms in total. The van der Waals surface area contributed by atoms with Gasteiger partial charge in [0.15, 0.2) is 0 Å². The third-order valence-electron chi connectivity index (χ3n) is 5.01. The summed E-state index contributed by atoms with van der Waals surface area (Å²) in [4.78, 5) is 0. The van der Waals surface area contributed by atoms with Gasteiger partial charge < -0.3 is 15.2 Å². The van der Waals surface area contributed by atoms with E-state index in [1.54, 1.807) is 0 Å². The Kier molecular flexibility index (Phi) is 3.69. The maximum atomic E-state index is 10.3. The fourth-order valence-corrected chi connectivity index (χ4v) is 3.97. The maximum Gasteiger partial charge on any atom is 0.0578 e. The van der Waals surface area contributed by atoms with Crippen LogP contribution in [0.25, 0.3) is 0 Å². The third-order valence-corrected chi connectivity index (χ3v) is 5.01. The molecule has 3 rings (SSSR count). The lowest BCUT2D eigenvalue weighted by Crippen LogP contribution is -2.37. The van der Waals surface area contributed by atoms with Crippen molar-refractivity contribution >= 4 is 0 Å². The molecule has 0 spiro atoms. The Morgan fingerprint density at radius 2 is 1.94 bits per heavy atom. The van der Waals surface area contributed by atoms with Crippen LogP contribution in [0.2, 0.25) is 0 Å². The zero-order chi connectivity index (χ0) is 11.7. The Labute approximate surface area is 104 Å². The van der Waals surface area contributed by atoms with Crippen LogP contribution in [0.15, 0.2) is 0 Å². The summed E-state index contributed by atoms with van der Waals surface area (Å²) >= 11 is 0. The summed E-state index contributed by atoms with van der Waals surface area (Å²) in [5.41, 5.74) is 0. The van der Waals surface area contributed by atoms with Crippen LogP contribution in [0.4, 0.5) is 0 Å². The minimum atomic E-state index is -0.0818. The fraction of sp³-hybridized carbons (Fsp3) is 1.00. The molecule has 98 valence electrons. The second kappa shape index (κ2) is 5.25. The second-order valence-electron chi connectivity index (χ2n) is 6.20. The van der Waals surface area contributed by atoms with Crippen molar-refractivity contribution in [2.24, 2.45) is 17.8 Å². The highest BCUT2D eigenvalue weighted by Gasteiger charge is 2.39. The summed E-state index contributed by atoms with van der Waals surface area (Å²) in [5.74, 6) is 2.03. The molecule has 3 aliphatic rings. The van der Waals surface area contributed by atoms with Gasteiger partial charge in [-0.2, -0.15) is 0 Å². The van der Waals surface area contributed by atoms with Crippen molar-refractivity contribution in [3.8, 4) is 0 Å². The minimum Gasteiger partial charge on any atom is -0.393 e. The number of hydrogen-bond donors (Lipinski definition) is 2. The van der Waals surface area contributed by atoms with Gasteiger partial charge in [0.2, 0.25) is 0 Å². The Morgan fingerprint density at radius 1 is 1.12 bits per heavy atom. The van der Waals surface area contributed by atoms with E-state index in [4.69, 9.17) is 4.74 Å². The molecule has 2 N–H and O–H groups in total. The van der Waals surface area contributed by atoms with Crippen LogP contribution in [0.1, 0.15) is 38.5 Å². The van der Waals surface area contributed by atoms with Gasteiger partial charge in [-0.25, -0.2) is 0 Å². The first-order chi connectivity index (χ1) is 8.33. The minimum absolute atomic E-state index is 0.0818. The molecular formula is C14H25NO2. The molecule has 1 aliphatic carbocycles. The molecular weight excluding hydrogens is 214 g/mol. The van der Waals surface area contributed by atoms with Crippen LogP contribution in [0.3, 0.4) is 0 Å². The highest BCUT2D eigenvalue weighted by Crippen LogP contribution is 2.39. The lowest BCUT2D eigenvalue weighted by molar-refractivity contribution is -0.0373. The molecule has 4 unspecified atom stereocenters. The van der Waals surface area contributed by atoms with E-state index in [2.05, 4.69) is 5.32 Å². The van der Waals surface area contributed by atoms with Crippen molar-refractivity contribution in [2.45, 2.75) is 50.7 Å². The summed E-state index contributed by atoms with van der Waals surface area (Å²) in [6.07, 6.45) is 7.38. The van der Waals surface area contributed by atoms with E-state index < -0.39 is 0 Å². The number of fused-ring (bicyclic) bond motifs is 1. The summed E-state index contributed by atoms with van der Waals surface area (Å²) < 4.78 is 5.81. The van der Waals surface area contributed by atoms with Crippen molar-refractivity contribution < 1.29 is 9.84 Å². The van der Waals surface area contributed by atoms with Crippen molar-refractivity contribution in [3.05, 3.63) is 0 Å². The van der Waals surface area contributed by atoms with Gasteiger partial charge in [-0.1, -0.05) is 0 Å². The van der Waals surface area contributed by atoms with Gasteiger partial charge in [0.25, 0.3) is 0 Å². The van der Waals surface area contributed by atoms with Crippen LogP contribution in [-0.2, 0) is 4.74 Å². The topological polar surface area (TPSA) is 41.5 Å². The molecule has 0 aromatic heterocycles. The van der Waals surface area contributed by atoms with Crippen LogP contribution in [0, 0.1) is 17.8 Å². The second-order valence-corrected chi connectivity index (χ2v) is 6.20. The highest BCUT2D eigenvalue weighted by molar-refractivity contribution is 4.92. The van der Waals surface area contributed by atoms with E-state index in [9.17, 15) is 5.11 Å². The maximum absolute atomic E-state index is 10.3. The van der Waals surface area contributed by atoms with Crippen LogP contribution in [-0.4, -0.2) is 37.0 Å². The number of aliphatic hydroxyl groups excluding tert-OH is 1. The summed E-state index contributed by atoms with van der Waals surface area (Å²) in [6, 6.07) is 0. The standard InChI is InChI=1S/C14H25NO2/c16-14-7-12-9-15-8-11(12)5-10(14)6-13-3-1-2-4-17-13/h10-16H,1-9H2/t10-,11?,12?,13?,14?/m1/s1. The molecule has 2 heterocycles. The first-order valence-corrected chi connectivity index (χ1v) is 7.33. The quantitative estimate of drug-likeness (QED) is 0.768. The van der Waals surface area contributed by atoms with Crippen molar-refractivity contribution in [1.82, 2.24) is 5.32 Å². The zero-order valence-corrected chi connectivity index (χ0v) is 10.6. The molecule has 0 aromatic rings. The zero-order valence-electron chi connectivity index (χ0n) is 10.6. The monoisotopic (exact) mass is 239 g/mol. The highest BCUT2D eigenvalue weighted by atomic mass is 16.5. The predicted octanol–water partition coefficient (Wildman–Crippen LogP) is 1.55. The van der Waals surface area contributed by atoms with Crippen LogP contribution in [0.5, 0.6) is 0 Å². The Hall–Kier alpha value is -0.120. The third kappa shape index (κ3) is 2.67. The number of hydrogen-bond acceptors (Lipinski definition) is 3. The molecule has 0 bridgehead atoms. The van der Waals surface area contributed by atoms with Gasteiger partial charge in [-0.15, -0.1) is 0 Å². The lowest BCUT2D eigenvalue weighted by Gasteiger charge is -2.37. The molecule has 0 radical (unpaired) electrons. The molecule has 2 aliphatic heterocycles. The molecule has 3 fully saturated rings. The van der Waals surface area contributed by atoms with Crippen LogP contribution >= 0.6 is 0 Å². The van der Waals surface area contributed by atoms with E-state index in [0.717, 1.165) is 37.8 Å². The molecule has 5 atom stereocenters. The molecule has 0 amide bonds. The van der Waals surface area contributed by atoms with E-state index in [0.29, 0.717) is 12.0 Å². The molecule has 1 saturated carbocycles. The summed E-state index contributed by atoms with van der Waals surface area (Å²) in [6.45, 7) is 3.22. The fourth-order valence-electron chi connectivity index (χ4n) is 3.97. The van der Waals surface area contributed by atoms with Gasteiger partial charge >= 0.3 is 0 Å². The Bertz CT molecular complexity index is 253. The molecule has 0 aromatic carbocycles. The van der Waals surface area contributed by atoms with Crippen molar-refractivity contribution in [1.29, 1.82) is 0 Å². The molecule has 2 saturated heterocycles. The first-order valence-electron chi connectivity index (χ1n) is 7.33. The van der Waals surface area contributed by atoms with Crippen molar-refractivity contribution in [3.63, 3.8) is 0 Å². The van der Waals surface area contributed by atoms with Gasteiger partial charge in [0, 0.05) is 6.61 Å². The lowest BCUT2D eigenvalue weighted by atomic mass is 9.72. The van der Waals surface area contributed by atoms with E-state index >= 15 is 0 Å². The Balaban J connectivity index is 1.55. The first kappa shape index (κ1) is 11.9. The Morgan fingerprint density at radius 3 is 2.71 bits per heavy atom. The number of aliphatic hydroxyl groups is 1. The van der Waals surface area contributed by atoms with Crippen LogP contribution < -0.4 is 5.32 Å². The number of nitrogens with one attached hydrogen (secondary N) is 1. The van der Waals surface area contributed by atoms with Crippen molar-refractivity contribution in [2.75, 3.05) is 19.7 Å². The smallest absolute Gasteiger partial charge is 0.0578 e. The average Bonchev–Trinajstić information content (AvgIpc) is 2.78. The predicted molar refractivity (Wildman–Crippen MR) is 66.8 cm³/mol. The molecule has 17 heavy (non-hydrogen) atoms. The van der Waals surface area contributed by atoms with Gasteiger partial charge in [0.1, 0.15) is 0 Å². The van der Waals surface area contributed by atoms with E-state index in [-0.39, 0.29) is 6.10 Å². The summed E-state index contributed by atoms with van der Waals surface area (Å²) in [5, 5.41) is 13.7. The largest absolute Gasteiger partial charge is 0.393 e. The molecule has 3 heteroatoms. The SMILES string of the molecule is OC1CC2CNCC2C[C@@H]1CC1CCCCO1. The average molecular weight is 239 g/mol. The van der Waals surface area contributed by atoms with E-state index in [1.165, 1.54) is 32.2 Å². The van der Waals surface area contributed by atoms with Gasteiger partial charge in [0.05, 0.1) is 12.2 Å².